The van der Waals surface area contributed by atoms with Gasteiger partial charge in [0.25, 0.3) is 0 Å². The van der Waals surface area contributed by atoms with Crippen LogP contribution >= 0.6 is 0 Å². The number of carboxylic acid groups (broad SMARTS) is 1. The molecule has 1 atom stereocenters. The zero-order chi connectivity index (χ0) is 17.9. The van der Waals surface area contributed by atoms with Gasteiger partial charge in [-0.2, -0.15) is 0 Å². The SMILES string of the molecule is CC(NC(=O)CCC(=O)CNC(=O)OCc1ccccc1)C(=O)O. The first-order valence-corrected chi connectivity index (χ1v) is 7.37. The predicted molar refractivity (Wildman–Crippen MR) is 84.1 cm³/mol. The van der Waals surface area contributed by atoms with E-state index in [4.69, 9.17) is 9.84 Å². The molecule has 2 amide bonds. The van der Waals surface area contributed by atoms with Crippen LogP contribution in [0.5, 0.6) is 0 Å². The molecular formula is C16H20N2O6. The van der Waals surface area contributed by atoms with Crippen LogP contribution in [-0.2, 0) is 25.7 Å². The van der Waals surface area contributed by atoms with Gasteiger partial charge in [-0.1, -0.05) is 30.3 Å². The first-order chi connectivity index (χ1) is 11.4. The minimum atomic E-state index is -1.16. The summed E-state index contributed by atoms with van der Waals surface area (Å²) in [4.78, 5) is 45.0. The van der Waals surface area contributed by atoms with E-state index in [9.17, 15) is 19.2 Å². The summed E-state index contributed by atoms with van der Waals surface area (Å²) in [7, 11) is 0. The van der Waals surface area contributed by atoms with E-state index in [0.29, 0.717) is 0 Å². The minimum Gasteiger partial charge on any atom is -0.480 e. The monoisotopic (exact) mass is 336 g/mol. The molecule has 0 bridgehead atoms. The number of carbonyl (C=O) groups is 4. The molecule has 0 saturated heterocycles. The maximum Gasteiger partial charge on any atom is 0.407 e. The van der Waals surface area contributed by atoms with E-state index in [1.165, 1.54) is 6.92 Å². The second kappa shape index (κ2) is 9.98. The Morgan fingerprint density at radius 1 is 1.12 bits per heavy atom. The van der Waals surface area contributed by atoms with Crippen molar-refractivity contribution in [1.29, 1.82) is 0 Å². The van der Waals surface area contributed by atoms with Gasteiger partial charge in [-0.25, -0.2) is 4.79 Å². The number of carboxylic acids is 1. The Balaban J connectivity index is 2.17. The van der Waals surface area contributed by atoms with Gasteiger partial charge < -0.3 is 20.5 Å². The molecule has 130 valence electrons. The lowest BCUT2D eigenvalue weighted by Crippen LogP contribution is -2.38. The molecule has 0 saturated carbocycles. The van der Waals surface area contributed by atoms with Crippen molar-refractivity contribution in [2.45, 2.75) is 32.4 Å². The molecule has 3 N–H and O–H groups in total. The van der Waals surface area contributed by atoms with Crippen molar-refractivity contribution in [1.82, 2.24) is 10.6 Å². The molecule has 8 heteroatoms. The van der Waals surface area contributed by atoms with Crippen LogP contribution in [0.3, 0.4) is 0 Å². The fraction of sp³-hybridized carbons (Fsp3) is 0.375. The molecule has 0 aliphatic carbocycles. The number of hydrogen-bond donors (Lipinski definition) is 3. The Morgan fingerprint density at radius 3 is 2.42 bits per heavy atom. The molecular weight excluding hydrogens is 316 g/mol. The van der Waals surface area contributed by atoms with Gasteiger partial charge in [-0.15, -0.1) is 0 Å². The third kappa shape index (κ3) is 7.92. The van der Waals surface area contributed by atoms with Crippen LogP contribution in [0.2, 0.25) is 0 Å². The van der Waals surface area contributed by atoms with Crippen molar-refractivity contribution in [3.05, 3.63) is 35.9 Å². The molecule has 0 heterocycles. The van der Waals surface area contributed by atoms with Crippen molar-refractivity contribution < 1.29 is 29.0 Å². The summed E-state index contributed by atoms with van der Waals surface area (Å²) in [5, 5.41) is 13.2. The smallest absolute Gasteiger partial charge is 0.407 e. The van der Waals surface area contributed by atoms with Crippen molar-refractivity contribution in [3.8, 4) is 0 Å². The standard InChI is InChI=1S/C16H20N2O6/c1-11(15(21)22)18-14(20)8-7-13(19)9-17-16(23)24-10-12-5-3-2-4-6-12/h2-6,11H,7-10H2,1H3,(H,17,23)(H,18,20)(H,21,22). The molecule has 1 aromatic rings. The maximum absolute atomic E-state index is 11.6. The number of nitrogens with one attached hydrogen (secondary N) is 2. The zero-order valence-electron chi connectivity index (χ0n) is 13.3. The molecule has 0 spiro atoms. The highest BCUT2D eigenvalue weighted by atomic mass is 16.5. The number of carbonyl (C=O) groups excluding carboxylic acids is 3. The van der Waals surface area contributed by atoms with E-state index < -0.39 is 24.0 Å². The number of ether oxygens (including phenoxy) is 1. The molecule has 8 nitrogen and oxygen atoms in total. The Morgan fingerprint density at radius 2 is 1.79 bits per heavy atom. The highest BCUT2D eigenvalue weighted by molar-refractivity contribution is 5.89. The fourth-order valence-corrected chi connectivity index (χ4v) is 1.66. The first kappa shape index (κ1) is 19.1. The average Bonchev–Trinajstić information content (AvgIpc) is 2.57. The number of amides is 2. The van der Waals surface area contributed by atoms with Crippen LogP contribution in [0.15, 0.2) is 30.3 Å². The van der Waals surface area contributed by atoms with Gasteiger partial charge in [0.15, 0.2) is 5.78 Å². The Bertz CT molecular complexity index is 587. The summed E-state index contributed by atoms with van der Waals surface area (Å²) in [6.45, 7) is 1.16. The van der Waals surface area contributed by atoms with Gasteiger partial charge >= 0.3 is 12.1 Å². The molecule has 1 aromatic carbocycles. The fourth-order valence-electron chi connectivity index (χ4n) is 1.66. The van der Waals surface area contributed by atoms with Gasteiger partial charge in [0.05, 0.1) is 6.54 Å². The lowest BCUT2D eigenvalue weighted by Gasteiger charge is -2.09. The second-order valence-corrected chi connectivity index (χ2v) is 5.08. The molecule has 0 aliphatic rings. The van der Waals surface area contributed by atoms with Gasteiger partial charge in [-0.05, 0) is 12.5 Å². The van der Waals surface area contributed by atoms with Crippen LogP contribution in [0.4, 0.5) is 4.79 Å². The van der Waals surface area contributed by atoms with Crippen LogP contribution in [0, 0.1) is 0 Å². The molecule has 0 fully saturated rings. The Hall–Kier alpha value is -2.90. The summed E-state index contributed by atoms with van der Waals surface area (Å²) >= 11 is 0. The predicted octanol–water partition coefficient (Wildman–Crippen LogP) is 0.851. The molecule has 0 radical (unpaired) electrons. The zero-order valence-corrected chi connectivity index (χ0v) is 13.3. The largest absolute Gasteiger partial charge is 0.480 e. The number of ketones is 1. The van der Waals surface area contributed by atoms with Gasteiger partial charge in [0, 0.05) is 12.8 Å². The number of aliphatic carboxylic acids is 1. The van der Waals surface area contributed by atoms with Crippen LogP contribution in [-0.4, -0.2) is 41.4 Å². The summed E-state index contributed by atoms with van der Waals surface area (Å²) < 4.78 is 4.94. The van der Waals surface area contributed by atoms with Crippen molar-refractivity contribution in [3.63, 3.8) is 0 Å². The van der Waals surface area contributed by atoms with E-state index in [1.54, 1.807) is 12.1 Å². The Kier molecular flexibility index (Phi) is 7.97. The molecule has 24 heavy (non-hydrogen) atoms. The number of alkyl carbamates (subject to hydrolysis) is 1. The minimum absolute atomic E-state index is 0.0936. The van der Waals surface area contributed by atoms with Gasteiger partial charge in [0.1, 0.15) is 12.6 Å². The first-order valence-electron chi connectivity index (χ1n) is 7.37. The van der Waals surface area contributed by atoms with Gasteiger partial charge in [0.2, 0.25) is 5.91 Å². The van der Waals surface area contributed by atoms with E-state index in [2.05, 4.69) is 10.6 Å². The highest BCUT2D eigenvalue weighted by Crippen LogP contribution is 2.00. The molecule has 1 unspecified atom stereocenters. The van der Waals surface area contributed by atoms with Crippen LogP contribution in [0.25, 0.3) is 0 Å². The third-order valence-corrected chi connectivity index (χ3v) is 3.02. The summed E-state index contributed by atoms with van der Waals surface area (Å²) in [6, 6.07) is 8.06. The lowest BCUT2D eigenvalue weighted by molar-refractivity contribution is -0.141. The Labute approximate surface area is 139 Å². The van der Waals surface area contributed by atoms with E-state index >= 15 is 0 Å². The van der Waals surface area contributed by atoms with Crippen LogP contribution < -0.4 is 10.6 Å². The van der Waals surface area contributed by atoms with E-state index in [1.807, 2.05) is 18.2 Å². The average molecular weight is 336 g/mol. The second-order valence-electron chi connectivity index (χ2n) is 5.08. The summed E-state index contributed by atoms with van der Waals surface area (Å²) in [6.07, 6.45) is -0.968. The van der Waals surface area contributed by atoms with Crippen molar-refractivity contribution >= 4 is 23.8 Å². The summed E-state index contributed by atoms with van der Waals surface area (Å²) in [5.41, 5.74) is 0.822. The van der Waals surface area contributed by atoms with E-state index in [-0.39, 0.29) is 31.8 Å². The molecule has 0 aromatic heterocycles. The normalized spacial score (nSPS) is 11.2. The third-order valence-electron chi connectivity index (χ3n) is 3.02. The lowest BCUT2D eigenvalue weighted by atomic mass is 10.2. The van der Waals surface area contributed by atoms with E-state index in [0.717, 1.165) is 5.56 Å². The van der Waals surface area contributed by atoms with Gasteiger partial charge in [-0.3, -0.25) is 14.4 Å². The molecule has 0 aliphatic heterocycles. The number of Topliss-reactive ketones (excluding diaryl/α,β-unsaturated/α-hetero) is 1. The number of rotatable bonds is 9. The topological polar surface area (TPSA) is 122 Å². The molecule has 1 rings (SSSR count). The number of benzene rings is 1. The highest BCUT2D eigenvalue weighted by Gasteiger charge is 2.15. The van der Waals surface area contributed by atoms with Crippen molar-refractivity contribution in [2.24, 2.45) is 0 Å². The summed E-state index contributed by atoms with van der Waals surface area (Å²) in [5.74, 6) is -2.05. The van der Waals surface area contributed by atoms with Crippen molar-refractivity contribution in [2.75, 3.05) is 6.54 Å². The quantitative estimate of drug-likeness (QED) is 0.614. The van der Waals surface area contributed by atoms with Crippen LogP contribution in [0.1, 0.15) is 25.3 Å². The number of hydrogen-bond acceptors (Lipinski definition) is 5. The maximum atomic E-state index is 11.6.